The van der Waals surface area contributed by atoms with E-state index in [2.05, 4.69) is 75.2 Å². The number of nitrogens with zero attached hydrogens (tertiary/aromatic N) is 2. The fourth-order valence-corrected chi connectivity index (χ4v) is 10.9. The Kier molecular flexibility index (Phi) is 21.5. The predicted octanol–water partition coefficient (Wildman–Crippen LogP) is 6.59. The zero-order valence-corrected chi connectivity index (χ0v) is 44.4. The number of unbranched alkanes of at least 4 members (excludes halogenated alkanes) is 3. The highest BCUT2D eigenvalue weighted by Gasteiger charge is 2.43. The van der Waals surface area contributed by atoms with Gasteiger partial charge in [0.05, 0.1) is 24.2 Å². The second kappa shape index (κ2) is 27.9. The summed E-state index contributed by atoms with van der Waals surface area (Å²) in [4.78, 5) is 84.7. The maximum Gasteiger partial charge on any atom is 0.250 e. The van der Waals surface area contributed by atoms with Gasteiger partial charge in [0, 0.05) is 24.2 Å². The molecule has 0 aromatic heterocycles. The zero-order chi connectivity index (χ0) is 52.4. The maximum absolute atomic E-state index is 14.8. The smallest absolute Gasteiger partial charge is 0.250 e. The van der Waals surface area contributed by atoms with E-state index in [0.717, 1.165) is 43.1 Å². The molecule has 3 aliphatic carbocycles. The molecular formula is C59H82N8O6. The molecule has 0 saturated carbocycles. The maximum atomic E-state index is 14.8. The van der Waals surface area contributed by atoms with Crippen molar-refractivity contribution in [1.82, 2.24) is 31.9 Å². The van der Waals surface area contributed by atoms with Gasteiger partial charge in [0.25, 0.3) is 0 Å². The minimum absolute atomic E-state index is 0.0821. The van der Waals surface area contributed by atoms with Gasteiger partial charge >= 0.3 is 0 Å². The van der Waals surface area contributed by atoms with E-state index in [-0.39, 0.29) is 35.6 Å². The lowest BCUT2D eigenvalue weighted by Crippen LogP contribution is -2.57. The van der Waals surface area contributed by atoms with Crippen LogP contribution in [0.2, 0.25) is 0 Å². The van der Waals surface area contributed by atoms with Crippen LogP contribution in [0.3, 0.4) is 0 Å². The number of nitrogens with one attached hydrogen (secondary N) is 6. The van der Waals surface area contributed by atoms with Crippen molar-refractivity contribution in [3.63, 3.8) is 0 Å². The molecule has 8 atom stereocenters. The number of carbonyl (C=O) groups excluding carboxylic acids is 6. The third kappa shape index (κ3) is 14.4. The molecule has 3 aromatic rings. The van der Waals surface area contributed by atoms with Crippen molar-refractivity contribution in [1.29, 1.82) is 0 Å². The number of benzene rings is 3. The van der Waals surface area contributed by atoms with Crippen molar-refractivity contribution in [3.8, 4) is 0 Å². The van der Waals surface area contributed by atoms with E-state index in [0.29, 0.717) is 68.7 Å². The predicted molar refractivity (Wildman–Crippen MR) is 291 cm³/mol. The topological polar surface area (TPSA) is 181 Å². The van der Waals surface area contributed by atoms with E-state index in [1.807, 2.05) is 62.6 Å². The first-order valence-corrected chi connectivity index (χ1v) is 26.9. The minimum atomic E-state index is -0.880. The van der Waals surface area contributed by atoms with Crippen LogP contribution in [0.25, 0.3) is 0 Å². The highest BCUT2D eigenvalue weighted by Crippen LogP contribution is 2.38. The van der Waals surface area contributed by atoms with Crippen LogP contribution in [0.1, 0.15) is 120 Å². The van der Waals surface area contributed by atoms with Crippen LogP contribution in [-0.4, -0.2) is 106 Å². The van der Waals surface area contributed by atoms with Gasteiger partial charge in [-0.2, -0.15) is 0 Å². The minimum Gasteiger partial charge on any atom is -0.348 e. The number of hydrogen-bond donors (Lipinski definition) is 6. The van der Waals surface area contributed by atoms with Crippen molar-refractivity contribution < 1.29 is 28.8 Å². The lowest BCUT2D eigenvalue weighted by Gasteiger charge is -2.36. The number of anilines is 2. The number of allylic oxidation sites excluding steroid dienone is 3. The summed E-state index contributed by atoms with van der Waals surface area (Å²) < 4.78 is 0. The fraction of sp³-hybridized carbons (Fsp3) is 0.525. The number of likely N-dealkylation sites (N-methyl/N-ethyl adjacent to an activating group) is 2. The summed E-state index contributed by atoms with van der Waals surface area (Å²) in [6.07, 6.45) is 18.5. The molecule has 0 fully saturated rings. The van der Waals surface area contributed by atoms with Gasteiger partial charge in [0.15, 0.2) is 0 Å². The van der Waals surface area contributed by atoms with Crippen molar-refractivity contribution in [2.45, 2.75) is 166 Å². The van der Waals surface area contributed by atoms with E-state index < -0.39 is 36.3 Å². The number of aldehydes is 1. The van der Waals surface area contributed by atoms with Gasteiger partial charge in [0.2, 0.25) is 29.5 Å². The van der Waals surface area contributed by atoms with Gasteiger partial charge in [-0.15, -0.1) is 0 Å². The monoisotopic (exact) mass is 999 g/mol. The Morgan fingerprint density at radius 1 is 0.644 bits per heavy atom. The average molecular weight is 999 g/mol. The highest BCUT2D eigenvalue weighted by atomic mass is 16.2. The van der Waals surface area contributed by atoms with Crippen molar-refractivity contribution >= 4 is 47.2 Å². The largest absolute Gasteiger partial charge is 0.348 e. The Morgan fingerprint density at radius 2 is 1.14 bits per heavy atom. The zero-order valence-electron chi connectivity index (χ0n) is 44.4. The first-order valence-electron chi connectivity index (χ1n) is 26.9. The molecule has 14 heteroatoms. The Hall–Kier alpha value is -5.96. The quantitative estimate of drug-likeness (QED) is 0.0606. The van der Waals surface area contributed by atoms with Crippen LogP contribution in [0.15, 0.2) is 96.1 Å². The Balaban J connectivity index is 0.000000580. The van der Waals surface area contributed by atoms with Gasteiger partial charge < -0.3 is 36.7 Å². The van der Waals surface area contributed by atoms with Crippen molar-refractivity contribution in [2.75, 3.05) is 38.0 Å². The molecule has 2 aliphatic heterocycles. The normalized spacial score (nSPS) is 21.0. The molecule has 14 nitrogen and oxygen atoms in total. The second-order valence-electron chi connectivity index (χ2n) is 20.4. The molecule has 6 unspecified atom stereocenters. The van der Waals surface area contributed by atoms with Crippen LogP contribution in [0.4, 0.5) is 11.4 Å². The first-order chi connectivity index (χ1) is 35.3. The molecule has 0 bridgehead atoms. The summed E-state index contributed by atoms with van der Waals surface area (Å²) >= 11 is 0. The Bertz CT molecular complexity index is 2410. The molecule has 5 amide bonds. The van der Waals surface area contributed by atoms with Crippen LogP contribution in [-0.2, 0) is 54.5 Å². The van der Waals surface area contributed by atoms with Crippen molar-refractivity contribution in [3.05, 3.63) is 118 Å². The third-order valence-electron chi connectivity index (χ3n) is 15.1. The molecule has 394 valence electrons. The van der Waals surface area contributed by atoms with E-state index in [9.17, 15) is 28.8 Å². The molecule has 0 spiro atoms. The number of aryl methyl sites for hydroxylation is 2. The van der Waals surface area contributed by atoms with Gasteiger partial charge in [0.1, 0.15) is 24.4 Å². The molecule has 5 aliphatic rings. The average Bonchev–Trinajstić information content (AvgIpc) is 4.00. The number of fused-ring (bicyclic) bond motifs is 3. The molecule has 0 saturated heterocycles. The van der Waals surface area contributed by atoms with E-state index >= 15 is 0 Å². The van der Waals surface area contributed by atoms with E-state index in [4.69, 9.17) is 0 Å². The fourth-order valence-electron chi connectivity index (χ4n) is 10.9. The summed E-state index contributed by atoms with van der Waals surface area (Å²) in [6.45, 7) is 5.67. The Morgan fingerprint density at radius 3 is 1.67 bits per heavy atom. The highest BCUT2D eigenvalue weighted by molar-refractivity contribution is 6.07. The summed E-state index contributed by atoms with van der Waals surface area (Å²) in [6, 6.07) is 19.6. The van der Waals surface area contributed by atoms with Gasteiger partial charge in [-0.25, -0.2) is 0 Å². The second-order valence-corrected chi connectivity index (χ2v) is 20.4. The number of para-hydroxylation sites is 2. The number of hydrogen-bond acceptors (Lipinski definition) is 9. The summed E-state index contributed by atoms with van der Waals surface area (Å²) in [7, 11) is 7.12. The standard InChI is InChI=1S/C47H63N7O6.C10H12.C2H7N/c1-29-16-14-19-32-20-15-23-36(42(29)32)50-45(58)41-27-34-18-11-13-25-40(34)54(41)47(60)38(52-44(57)31(3)49-5)22-9-7-6-8-21-37(51-43(56)30(2)48-4)46(59)53-35(28-55)26-33-17-10-12-24-39(33)53;1-2-6-10-8-4-3-7-9(10)5-1;1-3-2/h10-14,17-19,24-25,28-31,35-38,41,48-49H,6-9,15-16,20-23,26-27H2,1-5H3,(H,50,58)(H,51,56)(H,52,57);1-2,5-6H,3-4,7-8H2;3H,1-2H3/t29?,30-,31-,35?,36?,37?,38?,41?;;/m0../s1. The molecule has 6 N–H and O–H groups in total. The van der Waals surface area contributed by atoms with Gasteiger partial charge in [-0.1, -0.05) is 105 Å². The van der Waals surface area contributed by atoms with Crippen LogP contribution < -0.4 is 41.7 Å². The van der Waals surface area contributed by atoms with Crippen molar-refractivity contribution in [2.24, 2.45) is 5.92 Å². The van der Waals surface area contributed by atoms with Crippen LogP contribution >= 0.6 is 0 Å². The third-order valence-corrected chi connectivity index (χ3v) is 15.1. The SMILES string of the molecule is CNC.CN[C@@H](C)C(=O)NC(CCCCCCC(NC(=O)[C@H](C)NC)C(=O)N1c2ccccc2CC1C(=O)NC1CCCC2=C1C(C)CC=C2)C(=O)N1c2ccccc2CC1C=O.c1ccc2c(c1)CCCC2. The first kappa shape index (κ1) is 56.3. The lowest BCUT2D eigenvalue weighted by atomic mass is 9.77. The summed E-state index contributed by atoms with van der Waals surface area (Å²) in [5.74, 6) is -1.11. The number of carbonyl (C=O) groups is 6. The van der Waals surface area contributed by atoms with Gasteiger partial charge in [-0.05, 0) is 158 Å². The number of rotatable bonds is 18. The molecule has 2 heterocycles. The van der Waals surface area contributed by atoms with E-state index in [1.165, 1.54) is 41.7 Å². The summed E-state index contributed by atoms with van der Waals surface area (Å²) in [5.41, 5.74) is 8.96. The number of amides is 5. The Labute approximate surface area is 434 Å². The molecular weight excluding hydrogens is 917 g/mol. The molecule has 0 radical (unpaired) electrons. The van der Waals surface area contributed by atoms with Gasteiger partial charge in [-0.3, -0.25) is 33.8 Å². The molecule has 8 rings (SSSR count). The van der Waals surface area contributed by atoms with Crippen LogP contribution in [0.5, 0.6) is 0 Å². The molecule has 73 heavy (non-hydrogen) atoms. The van der Waals surface area contributed by atoms with Crippen LogP contribution in [0, 0.1) is 5.92 Å². The van der Waals surface area contributed by atoms with E-state index in [1.54, 1.807) is 44.0 Å². The molecule has 3 aromatic carbocycles. The lowest BCUT2D eigenvalue weighted by molar-refractivity contribution is -0.130. The summed E-state index contributed by atoms with van der Waals surface area (Å²) in [5, 5.41) is 17.9.